The quantitative estimate of drug-likeness (QED) is 0.199. The topological polar surface area (TPSA) is 119 Å². The highest BCUT2D eigenvalue weighted by Gasteiger charge is 2.27. The molecule has 2 aromatic carbocycles. The van der Waals surface area contributed by atoms with Gasteiger partial charge in [0, 0.05) is 55.8 Å². The minimum atomic E-state index is -0.408. The summed E-state index contributed by atoms with van der Waals surface area (Å²) in [4.78, 5) is 17.5. The van der Waals surface area contributed by atoms with Crippen molar-refractivity contribution < 1.29 is 4.74 Å². The number of methoxy groups -OCH3 is 1. The second-order valence-corrected chi connectivity index (χ2v) is 12.5. The molecule has 0 bridgehead atoms. The monoisotopic (exact) mass is 600 g/mol. The third-order valence-corrected chi connectivity index (χ3v) is 7.71. The largest absolute Gasteiger partial charge is 0.383 e. The van der Waals surface area contributed by atoms with E-state index in [4.69, 9.17) is 16.3 Å². The highest BCUT2D eigenvalue weighted by molar-refractivity contribution is 6.35. The van der Waals surface area contributed by atoms with Crippen LogP contribution >= 0.6 is 11.6 Å². The Morgan fingerprint density at radius 3 is 2.70 bits per heavy atom. The molecule has 2 atom stereocenters. The highest BCUT2D eigenvalue weighted by atomic mass is 35.5. The van der Waals surface area contributed by atoms with Crippen molar-refractivity contribution in [1.82, 2.24) is 25.5 Å². The van der Waals surface area contributed by atoms with Gasteiger partial charge in [-0.15, -0.1) is 5.53 Å². The summed E-state index contributed by atoms with van der Waals surface area (Å²) in [7, 11) is 3.42. The van der Waals surface area contributed by atoms with Gasteiger partial charge < -0.3 is 25.4 Å². The summed E-state index contributed by atoms with van der Waals surface area (Å²) in [6, 6.07) is 13.4. The molecule has 4 N–H and O–H groups in total. The Bertz CT molecular complexity index is 1800. The molecule has 0 saturated heterocycles. The zero-order valence-corrected chi connectivity index (χ0v) is 26.0. The molecule has 5 rings (SSSR count). The number of ether oxygens (including phenoxy) is 1. The number of halogens is 1. The summed E-state index contributed by atoms with van der Waals surface area (Å²) in [5, 5.41) is 21.6. The lowest BCUT2D eigenvalue weighted by atomic mass is 9.96. The summed E-state index contributed by atoms with van der Waals surface area (Å²) >= 11 is 6.82. The van der Waals surface area contributed by atoms with Crippen molar-refractivity contribution in [2.24, 2.45) is 12.5 Å². The number of rotatable bonds is 9. The number of nitrogens with one attached hydrogen (secondary N) is 4. The molecule has 0 unspecified atom stereocenters. The predicted octanol–water partition coefficient (Wildman–Crippen LogP) is 5.42. The van der Waals surface area contributed by atoms with Crippen LogP contribution in [0.25, 0.3) is 21.7 Å². The number of aromatic nitrogens is 2. The van der Waals surface area contributed by atoms with Crippen molar-refractivity contribution >= 4 is 44.7 Å². The number of nitrogens with zero attached hydrogens (tertiary/aromatic N) is 4. The van der Waals surface area contributed by atoms with Gasteiger partial charge in [0.2, 0.25) is 0 Å². The Hall–Kier alpha value is -4.30. The first-order chi connectivity index (χ1) is 20.5. The molecule has 1 aliphatic heterocycles. The molecule has 0 amide bonds. The maximum Gasteiger partial charge on any atom is 0.258 e. The summed E-state index contributed by atoms with van der Waals surface area (Å²) in [5.74, 6) is 0. The maximum atomic E-state index is 13.0. The van der Waals surface area contributed by atoms with Gasteiger partial charge in [-0.25, -0.2) is 0 Å². The van der Waals surface area contributed by atoms with Crippen molar-refractivity contribution in [2.45, 2.75) is 39.8 Å². The second kappa shape index (κ2) is 12.1. The fourth-order valence-corrected chi connectivity index (χ4v) is 5.43. The lowest BCUT2D eigenvalue weighted by Crippen LogP contribution is -2.44. The first-order valence-corrected chi connectivity index (χ1v) is 14.5. The molecule has 224 valence electrons. The van der Waals surface area contributed by atoms with Crippen LogP contribution in [-0.2, 0) is 11.8 Å². The van der Waals surface area contributed by atoms with Gasteiger partial charge in [-0.05, 0) is 47.6 Å². The minimum Gasteiger partial charge on any atom is -0.383 e. The van der Waals surface area contributed by atoms with Gasteiger partial charge in [0.15, 0.2) is 0 Å². The third-order valence-electron chi connectivity index (χ3n) is 7.42. The second-order valence-electron chi connectivity index (χ2n) is 12.1. The molecule has 2 aromatic heterocycles. The fraction of sp³-hybridized carbons (Fsp3) is 0.344. The number of anilines is 2. The van der Waals surface area contributed by atoms with E-state index in [0.717, 1.165) is 27.7 Å². The molecule has 0 aliphatic carbocycles. The molecular weight excluding hydrogens is 564 g/mol. The van der Waals surface area contributed by atoms with Crippen molar-refractivity contribution in [1.29, 1.82) is 5.26 Å². The molecule has 10 nitrogen and oxygen atoms in total. The van der Waals surface area contributed by atoms with E-state index < -0.39 is 6.04 Å². The van der Waals surface area contributed by atoms with Crippen LogP contribution in [0.3, 0.4) is 0 Å². The van der Waals surface area contributed by atoms with Crippen LogP contribution in [0.1, 0.15) is 44.9 Å². The Kier molecular flexibility index (Phi) is 8.51. The Balaban J connectivity index is 1.65. The molecule has 3 heterocycles. The Labute approximate surface area is 256 Å². The van der Waals surface area contributed by atoms with E-state index in [2.05, 4.69) is 60.3 Å². The van der Waals surface area contributed by atoms with Crippen LogP contribution < -0.4 is 27.2 Å². The van der Waals surface area contributed by atoms with E-state index in [9.17, 15) is 10.1 Å². The van der Waals surface area contributed by atoms with Crippen LogP contribution in [0, 0.1) is 16.7 Å². The summed E-state index contributed by atoms with van der Waals surface area (Å²) in [6.45, 7) is 9.62. The van der Waals surface area contributed by atoms with Crippen LogP contribution in [-0.4, -0.2) is 40.9 Å². The maximum absolute atomic E-state index is 13.0. The zero-order valence-electron chi connectivity index (χ0n) is 25.2. The standard InChI is InChI=1S/C32H37ClN8O2/c1-19(17-43-6)41-16-27(38-39-41)30(23-8-7-9-24-22(23)10-11-40(5)31(24)42)37-21-12-25-28(36-18-32(2,3)4)20(14-34)15-35-29(25)26(33)13-21/h7-13,15-16,19,30,37-39H,17-18H2,1-6H3,(H,35,36)/t19-,30-/m0/s1. The number of nitriles is 1. The number of hydrogen-bond acceptors (Lipinski definition) is 9. The van der Waals surface area contributed by atoms with Crippen LogP contribution in [0.5, 0.6) is 0 Å². The molecule has 0 spiro atoms. The van der Waals surface area contributed by atoms with Gasteiger partial charge in [0.05, 0.1) is 46.2 Å². The molecule has 43 heavy (non-hydrogen) atoms. The van der Waals surface area contributed by atoms with E-state index in [0.29, 0.717) is 40.3 Å². The van der Waals surface area contributed by atoms with Gasteiger partial charge in [-0.1, -0.05) is 44.5 Å². The summed E-state index contributed by atoms with van der Waals surface area (Å²) in [5.41, 5.74) is 10.6. The molecule has 11 heteroatoms. The molecule has 0 saturated carbocycles. The number of fused-ring (bicyclic) bond motifs is 2. The molecular formula is C32H37ClN8O2. The molecule has 1 aliphatic rings. The van der Waals surface area contributed by atoms with Gasteiger partial charge >= 0.3 is 0 Å². The Morgan fingerprint density at radius 2 is 1.98 bits per heavy atom. The molecule has 4 aromatic rings. The van der Waals surface area contributed by atoms with E-state index in [1.54, 1.807) is 31.1 Å². The van der Waals surface area contributed by atoms with E-state index in [1.807, 2.05) is 47.6 Å². The Morgan fingerprint density at radius 1 is 1.19 bits per heavy atom. The SMILES string of the molecule is COC[C@H](C)N1C=C([C@@H](Nc2cc(Cl)c3ncc(C#N)c(NCC(C)(C)C)c3c2)c2cccc3c(=O)n(C)ccc23)NN1. The summed E-state index contributed by atoms with van der Waals surface area (Å²) in [6.07, 6.45) is 5.33. The lowest BCUT2D eigenvalue weighted by molar-refractivity contribution is 0.0999. The van der Waals surface area contributed by atoms with Crippen LogP contribution in [0.2, 0.25) is 5.02 Å². The van der Waals surface area contributed by atoms with Crippen molar-refractivity contribution in [3.05, 3.63) is 87.2 Å². The van der Waals surface area contributed by atoms with Crippen molar-refractivity contribution in [2.75, 3.05) is 30.9 Å². The number of pyridine rings is 2. The summed E-state index contributed by atoms with van der Waals surface area (Å²) < 4.78 is 6.93. The normalized spacial score (nSPS) is 14.7. The number of hydrazine groups is 2. The van der Waals surface area contributed by atoms with E-state index in [-0.39, 0.29) is 17.0 Å². The molecule has 0 radical (unpaired) electrons. The average molecular weight is 601 g/mol. The van der Waals surface area contributed by atoms with E-state index >= 15 is 0 Å². The van der Waals surface area contributed by atoms with Gasteiger partial charge in [-0.2, -0.15) is 5.26 Å². The van der Waals surface area contributed by atoms with Crippen molar-refractivity contribution in [3.8, 4) is 6.07 Å². The molecule has 0 fully saturated rings. The zero-order chi connectivity index (χ0) is 30.9. The average Bonchev–Trinajstić information content (AvgIpc) is 3.46. The smallest absolute Gasteiger partial charge is 0.258 e. The van der Waals surface area contributed by atoms with Gasteiger partial charge in [0.1, 0.15) is 6.07 Å². The van der Waals surface area contributed by atoms with Crippen molar-refractivity contribution in [3.63, 3.8) is 0 Å². The first kappa shape index (κ1) is 30.2. The fourth-order valence-electron chi connectivity index (χ4n) is 5.16. The van der Waals surface area contributed by atoms with E-state index in [1.165, 1.54) is 0 Å². The highest BCUT2D eigenvalue weighted by Crippen LogP contribution is 2.37. The minimum absolute atomic E-state index is 0.0159. The van der Waals surface area contributed by atoms with Gasteiger partial charge in [0.25, 0.3) is 5.56 Å². The van der Waals surface area contributed by atoms with Crippen LogP contribution in [0.4, 0.5) is 11.4 Å². The number of hydrogen-bond donors (Lipinski definition) is 4. The van der Waals surface area contributed by atoms with Gasteiger partial charge in [-0.3, -0.25) is 14.8 Å². The predicted molar refractivity (Wildman–Crippen MR) is 172 cm³/mol. The lowest BCUT2D eigenvalue weighted by Gasteiger charge is -2.24. The number of aryl methyl sites for hydroxylation is 1. The third kappa shape index (κ3) is 6.25. The number of benzene rings is 2. The van der Waals surface area contributed by atoms with Crippen LogP contribution in [0.15, 0.2) is 65.5 Å². The first-order valence-electron chi connectivity index (χ1n) is 14.1.